The molecule has 1 rings (SSSR count). The molecule has 0 spiro atoms. The van der Waals surface area contributed by atoms with Crippen molar-refractivity contribution in [2.24, 2.45) is 0 Å². The van der Waals surface area contributed by atoms with Crippen LogP contribution in [0.15, 0.2) is 0 Å². The molecule has 3 nitrogen and oxygen atoms in total. The molecule has 1 saturated heterocycles. The van der Waals surface area contributed by atoms with Crippen molar-refractivity contribution in [3.05, 3.63) is 0 Å². The van der Waals surface area contributed by atoms with Crippen molar-refractivity contribution in [1.82, 2.24) is 0 Å². The Hall–Kier alpha value is -0.120. The minimum atomic E-state index is -0.216. The molecule has 0 aliphatic carbocycles. The quantitative estimate of drug-likeness (QED) is 0.659. The lowest BCUT2D eigenvalue weighted by molar-refractivity contribution is -0.219. The van der Waals surface area contributed by atoms with E-state index in [1.165, 1.54) is 0 Å². The first-order chi connectivity index (χ1) is 6.03. The van der Waals surface area contributed by atoms with Gasteiger partial charge in [-0.2, -0.15) is 0 Å². The van der Waals surface area contributed by atoms with Gasteiger partial charge in [0.1, 0.15) is 6.10 Å². The molecule has 0 aromatic heterocycles. The minimum absolute atomic E-state index is 0.0219. The van der Waals surface area contributed by atoms with Gasteiger partial charge in [0.25, 0.3) is 0 Å². The molecular weight excluding hydrogens is 168 g/mol. The third-order valence-corrected chi connectivity index (χ3v) is 2.89. The molecule has 0 saturated carbocycles. The monoisotopic (exact) mass is 188 g/mol. The molecule has 0 aromatic carbocycles. The Labute approximate surface area is 80.4 Å². The average molecular weight is 188 g/mol. The summed E-state index contributed by atoms with van der Waals surface area (Å²) < 4.78 is 16.6. The fraction of sp³-hybridized carbons (Fsp3) is 1.00. The van der Waals surface area contributed by atoms with E-state index in [0.29, 0.717) is 0 Å². The Kier molecular flexibility index (Phi) is 3.33. The van der Waals surface area contributed by atoms with Crippen molar-refractivity contribution in [2.75, 3.05) is 14.2 Å². The second-order valence-corrected chi connectivity index (χ2v) is 4.03. The molecule has 3 heteroatoms. The molecule has 1 aliphatic rings. The predicted molar refractivity (Wildman–Crippen MR) is 50.8 cm³/mol. The third kappa shape index (κ3) is 2.03. The fourth-order valence-corrected chi connectivity index (χ4v) is 2.31. The van der Waals surface area contributed by atoms with E-state index >= 15 is 0 Å². The van der Waals surface area contributed by atoms with E-state index in [1.54, 1.807) is 14.2 Å². The topological polar surface area (TPSA) is 27.7 Å². The lowest BCUT2D eigenvalue weighted by Gasteiger charge is -2.45. The largest absolute Gasteiger partial charge is 0.376 e. The van der Waals surface area contributed by atoms with Gasteiger partial charge in [0.2, 0.25) is 0 Å². The maximum absolute atomic E-state index is 5.68. The van der Waals surface area contributed by atoms with Crippen LogP contribution in [0.25, 0.3) is 0 Å². The number of hydrogen-bond acceptors (Lipinski definition) is 3. The third-order valence-electron chi connectivity index (χ3n) is 2.89. The summed E-state index contributed by atoms with van der Waals surface area (Å²) in [5, 5.41) is 0. The smallest absolute Gasteiger partial charge is 0.112 e. The highest BCUT2D eigenvalue weighted by atomic mass is 16.6. The van der Waals surface area contributed by atoms with E-state index in [9.17, 15) is 0 Å². The Morgan fingerprint density at radius 3 is 2.38 bits per heavy atom. The Morgan fingerprint density at radius 1 is 1.31 bits per heavy atom. The van der Waals surface area contributed by atoms with Gasteiger partial charge >= 0.3 is 0 Å². The van der Waals surface area contributed by atoms with Crippen LogP contribution < -0.4 is 0 Å². The van der Waals surface area contributed by atoms with Crippen molar-refractivity contribution in [3.8, 4) is 0 Å². The number of rotatable bonds is 2. The van der Waals surface area contributed by atoms with Gasteiger partial charge in [-0.1, -0.05) is 0 Å². The molecular formula is C10H20O3. The van der Waals surface area contributed by atoms with Gasteiger partial charge in [-0.15, -0.1) is 0 Å². The molecule has 0 bridgehead atoms. The molecule has 1 aliphatic heterocycles. The van der Waals surface area contributed by atoms with Crippen LogP contribution in [0.2, 0.25) is 0 Å². The summed E-state index contributed by atoms with van der Waals surface area (Å²) in [5.74, 6) is 0. The molecule has 78 valence electrons. The summed E-state index contributed by atoms with van der Waals surface area (Å²) in [6.07, 6.45) is 1.24. The zero-order valence-electron chi connectivity index (χ0n) is 9.16. The van der Waals surface area contributed by atoms with Crippen molar-refractivity contribution in [3.63, 3.8) is 0 Å². The van der Waals surface area contributed by atoms with Crippen LogP contribution in [0.5, 0.6) is 0 Å². The molecule has 0 amide bonds. The van der Waals surface area contributed by atoms with E-state index in [2.05, 4.69) is 13.8 Å². The number of ether oxygens (including phenoxy) is 3. The summed E-state index contributed by atoms with van der Waals surface area (Å²) >= 11 is 0. The molecule has 1 fully saturated rings. The molecule has 13 heavy (non-hydrogen) atoms. The maximum Gasteiger partial charge on any atom is 0.112 e. The number of methoxy groups -OCH3 is 2. The minimum Gasteiger partial charge on any atom is -0.376 e. The first kappa shape index (κ1) is 11.0. The molecule has 4 atom stereocenters. The first-order valence-corrected chi connectivity index (χ1v) is 4.77. The molecule has 0 aromatic rings. The summed E-state index contributed by atoms with van der Waals surface area (Å²) in [6, 6.07) is 0. The molecule has 0 radical (unpaired) electrons. The number of hydrogen-bond donors (Lipinski definition) is 0. The zero-order valence-corrected chi connectivity index (χ0v) is 9.16. The fourth-order valence-electron chi connectivity index (χ4n) is 2.31. The summed E-state index contributed by atoms with van der Waals surface area (Å²) in [5.41, 5.74) is -0.216. The first-order valence-electron chi connectivity index (χ1n) is 4.77. The highest BCUT2D eigenvalue weighted by molar-refractivity contribution is 4.94. The Balaban J connectivity index is 2.77. The van der Waals surface area contributed by atoms with Gasteiger partial charge in [0, 0.05) is 20.6 Å². The predicted octanol–water partition coefficient (Wildman–Crippen LogP) is 1.60. The van der Waals surface area contributed by atoms with E-state index in [4.69, 9.17) is 14.2 Å². The van der Waals surface area contributed by atoms with Gasteiger partial charge in [-0.25, -0.2) is 0 Å². The summed E-state index contributed by atoms with van der Waals surface area (Å²) in [7, 11) is 3.44. The maximum atomic E-state index is 5.68. The van der Waals surface area contributed by atoms with Crippen LogP contribution in [0.3, 0.4) is 0 Å². The molecule has 1 heterocycles. The standard InChI is InChI=1S/C10H20O3/c1-7-6-10(3,12-5)9(11-4)8(2)13-7/h7-9H,6H2,1-5H3/t7?,8-,9-,10+/m0/s1. The van der Waals surface area contributed by atoms with Gasteiger partial charge < -0.3 is 14.2 Å². The van der Waals surface area contributed by atoms with Crippen molar-refractivity contribution in [2.45, 2.75) is 51.1 Å². The second-order valence-electron chi connectivity index (χ2n) is 4.03. The van der Waals surface area contributed by atoms with Crippen LogP contribution in [0, 0.1) is 0 Å². The van der Waals surface area contributed by atoms with Crippen LogP contribution in [-0.4, -0.2) is 38.1 Å². The van der Waals surface area contributed by atoms with E-state index in [1.807, 2.05) is 6.92 Å². The van der Waals surface area contributed by atoms with Gasteiger partial charge in [0.05, 0.1) is 17.8 Å². The zero-order chi connectivity index (χ0) is 10.1. The van der Waals surface area contributed by atoms with Crippen LogP contribution in [0.1, 0.15) is 27.2 Å². The second kappa shape index (κ2) is 3.95. The highest BCUT2D eigenvalue weighted by Crippen LogP contribution is 2.33. The Bertz CT molecular complexity index is 172. The average Bonchev–Trinajstić information content (AvgIpc) is 2.03. The van der Waals surface area contributed by atoms with Crippen molar-refractivity contribution in [1.29, 1.82) is 0 Å². The molecule has 0 N–H and O–H groups in total. The van der Waals surface area contributed by atoms with Gasteiger partial charge in [-0.05, 0) is 20.8 Å². The molecule has 1 unspecified atom stereocenters. The van der Waals surface area contributed by atoms with Crippen LogP contribution >= 0.6 is 0 Å². The lowest BCUT2D eigenvalue weighted by Crippen LogP contribution is -2.55. The summed E-state index contributed by atoms with van der Waals surface area (Å²) in [4.78, 5) is 0. The normalized spacial score (nSPS) is 46.4. The van der Waals surface area contributed by atoms with Crippen LogP contribution in [0.4, 0.5) is 0 Å². The van der Waals surface area contributed by atoms with Crippen molar-refractivity contribution < 1.29 is 14.2 Å². The van der Waals surface area contributed by atoms with E-state index in [-0.39, 0.29) is 23.9 Å². The van der Waals surface area contributed by atoms with Crippen molar-refractivity contribution >= 4 is 0 Å². The lowest BCUT2D eigenvalue weighted by atomic mass is 9.86. The summed E-state index contributed by atoms with van der Waals surface area (Å²) in [6.45, 7) is 6.18. The Morgan fingerprint density at radius 2 is 1.92 bits per heavy atom. The highest BCUT2D eigenvalue weighted by Gasteiger charge is 2.44. The van der Waals surface area contributed by atoms with E-state index in [0.717, 1.165) is 6.42 Å². The van der Waals surface area contributed by atoms with E-state index < -0.39 is 0 Å². The van der Waals surface area contributed by atoms with Crippen LogP contribution in [-0.2, 0) is 14.2 Å². The van der Waals surface area contributed by atoms with Gasteiger partial charge in [-0.3, -0.25) is 0 Å². The van der Waals surface area contributed by atoms with Gasteiger partial charge in [0.15, 0.2) is 0 Å². The SMILES string of the molecule is CO[C@H]1[C@H](C)OC(C)C[C@@]1(C)OC.